The van der Waals surface area contributed by atoms with Gasteiger partial charge in [0.25, 0.3) is 5.91 Å². The Kier molecular flexibility index (Phi) is 5.79. The summed E-state index contributed by atoms with van der Waals surface area (Å²) in [5.41, 5.74) is 0.839. The van der Waals surface area contributed by atoms with E-state index < -0.39 is 10.0 Å². The minimum atomic E-state index is -3.57. The van der Waals surface area contributed by atoms with Gasteiger partial charge in [0.05, 0.1) is 11.2 Å². The van der Waals surface area contributed by atoms with Crippen molar-refractivity contribution in [2.45, 2.75) is 30.7 Å². The van der Waals surface area contributed by atoms with Gasteiger partial charge in [0.2, 0.25) is 10.0 Å². The number of sulfonamides is 1. The smallest absolute Gasteiger partial charge is 0.271 e. The summed E-state index contributed by atoms with van der Waals surface area (Å²) in [6.07, 6.45) is 4.35. The lowest BCUT2D eigenvalue weighted by atomic mass is 10.2. The number of nitrogens with one attached hydrogen (secondary N) is 1. The fourth-order valence-corrected chi connectivity index (χ4v) is 5.81. The van der Waals surface area contributed by atoms with Gasteiger partial charge in [-0.1, -0.05) is 24.6 Å². The van der Waals surface area contributed by atoms with E-state index in [0.717, 1.165) is 19.3 Å². The molecule has 1 aromatic carbocycles. The van der Waals surface area contributed by atoms with Gasteiger partial charge in [0.1, 0.15) is 5.69 Å². The van der Waals surface area contributed by atoms with Crippen LogP contribution in [0.3, 0.4) is 0 Å². The Morgan fingerprint density at radius 2 is 1.93 bits per heavy atom. The minimum absolute atomic E-state index is 0.107. The number of hydrogen-bond acceptors (Lipinski definition) is 6. The number of furan rings is 1. The molecule has 0 bridgehead atoms. The second-order valence-electron chi connectivity index (χ2n) is 6.77. The SMILES string of the molecule is O=C(NCc1ccccc1S(=O)(=O)N1CCCCC1)c1csc(-c2ccco2)n1. The third-order valence-electron chi connectivity index (χ3n) is 4.81. The van der Waals surface area contributed by atoms with Gasteiger partial charge in [-0.05, 0) is 36.6 Å². The van der Waals surface area contributed by atoms with Crippen molar-refractivity contribution in [3.63, 3.8) is 0 Å². The van der Waals surface area contributed by atoms with E-state index in [9.17, 15) is 13.2 Å². The summed E-state index contributed by atoms with van der Waals surface area (Å²) in [7, 11) is -3.57. The van der Waals surface area contributed by atoms with Crippen LogP contribution in [-0.4, -0.2) is 36.7 Å². The number of nitrogens with zero attached hydrogens (tertiary/aromatic N) is 2. The van der Waals surface area contributed by atoms with Gasteiger partial charge in [0, 0.05) is 25.0 Å². The van der Waals surface area contributed by atoms with Crippen LogP contribution in [-0.2, 0) is 16.6 Å². The first kappa shape index (κ1) is 19.8. The van der Waals surface area contributed by atoms with Crippen LogP contribution in [0.4, 0.5) is 0 Å². The molecule has 4 rings (SSSR count). The summed E-state index contributed by atoms with van der Waals surface area (Å²) >= 11 is 1.32. The first-order valence-electron chi connectivity index (χ1n) is 9.41. The molecule has 0 saturated carbocycles. The second kappa shape index (κ2) is 8.48. The van der Waals surface area contributed by atoms with Gasteiger partial charge >= 0.3 is 0 Å². The molecule has 0 radical (unpaired) electrons. The van der Waals surface area contributed by atoms with Crippen LogP contribution in [0, 0.1) is 0 Å². The van der Waals surface area contributed by atoms with Crippen molar-refractivity contribution in [2.75, 3.05) is 13.1 Å². The maximum absolute atomic E-state index is 13.0. The first-order valence-corrected chi connectivity index (χ1v) is 11.7. The van der Waals surface area contributed by atoms with Crippen LogP contribution >= 0.6 is 11.3 Å². The van der Waals surface area contributed by atoms with Crippen molar-refractivity contribution in [3.05, 3.63) is 59.3 Å². The number of thiazole rings is 1. The van der Waals surface area contributed by atoms with E-state index in [1.807, 2.05) is 0 Å². The molecule has 1 fully saturated rings. The number of rotatable bonds is 6. The molecule has 29 heavy (non-hydrogen) atoms. The number of aromatic nitrogens is 1. The molecule has 1 amide bonds. The van der Waals surface area contributed by atoms with Crippen LogP contribution in [0.15, 0.2) is 57.4 Å². The van der Waals surface area contributed by atoms with E-state index in [-0.39, 0.29) is 23.0 Å². The minimum Gasteiger partial charge on any atom is -0.462 e. The highest BCUT2D eigenvalue weighted by Crippen LogP contribution is 2.25. The lowest BCUT2D eigenvalue weighted by Gasteiger charge is -2.26. The third kappa shape index (κ3) is 4.26. The summed E-state index contributed by atoms with van der Waals surface area (Å²) in [6.45, 7) is 1.19. The molecule has 152 valence electrons. The van der Waals surface area contributed by atoms with Crippen molar-refractivity contribution >= 4 is 27.3 Å². The van der Waals surface area contributed by atoms with Crippen LogP contribution in [0.5, 0.6) is 0 Å². The highest BCUT2D eigenvalue weighted by molar-refractivity contribution is 7.89. The average Bonchev–Trinajstić information content (AvgIpc) is 3.44. The number of carbonyl (C=O) groups is 1. The molecule has 3 aromatic rings. The Bertz CT molecular complexity index is 1080. The molecule has 1 aliphatic heterocycles. The molecular formula is C20H21N3O4S2. The zero-order valence-corrected chi connectivity index (χ0v) is 17.3. The second-order valence-corrected chi connectivity index (χ2v) is 9.53. The molecule has 0 unspecified atom stereocenters. The molecule has 7 nitrogen and oxygen atoms in total. The number of carbonyl (C=O) groups excluding carboxylic acids is 1. The summed E-state index contributed by atoms with van der Waals surface area (Å²) in [4.78, 5) is 17.0. The molecule has 3 heterocycles. The largest absolute Gasteiger partial charge is 0.462 e. The van der Waals surface area contributed by atoms with Gasteiger partial charge in [-0.15, -0.1) is 11.3 Å². The quantitative estimate of drug-likeness (QED) is 0.645. The summed E-state index contributed by atoms with van der Waals surface area (Å²) in [6, 6.07) is 10.3. The average molecular weight is 432 g/mol. The molecule has 9 heteroatoms. The zero-order valence-electron chi connectivity index (χ0n) is 15.7. The fraction of sp³-hybridized carbons (Fsp3) is 0.300. The molecule has 1 aliphatic rings. The van der Waals surface area contributed by atoms with E-state index in [0.29, 0.717) is 29.4 Å². The van der Waals surface area contributed by atoms with E-state index in [2.05, 4.69) is 10.3 Å². The maximum Gasteiger partial charge on any atom is 0.271 e. The number of piperidine rings is 1. The third-order valence-corrected chi connectivity index (χ3v) is 7.67. The maximum atomic E-state index is 13.0. The van der Waals surface area contributed by atoms with Gasteiger partial charge in [-0.25, -0.2) is 13.4 Å². The summed E-state index contributed by atoms with van der Waals surface area (Å²) in [5.74, 6) is 0.247. The molecule has 1 N–H and O–H groups in total. The van der Waals surface area contributed by atoms with Crippen molar-refractivity contribution in [1.82, 2.24) is 14.6 Å². The Balaban J connectivity index is 1.48. The molecule has 0 atom stereocenters. The van der Waals surface area contributed by atoms with E-state index in [1.54, 1.807) is 48.0 Å². The Labute approximate surface area is 173 Å². The topological polar surface area (TPSA) is 92.5 Å². The van der Waals surface area contributed by atoms with Crippen molar-refractivity contribution in [2.24, 2.45) is 0 Å². The monoisotopic (exact) mass is 431 g/mol. The van der Waals surface area contributed by atoms with E-state index >= 15 is 0 Å². The first-order chi connectivity index (χ1) is 14.1. The number of hydrogen-bond donors (Lipinski definition) is 1. The lowest BCUT2D eigenvalue weighted by Crippen LogP contribution is -2.36. The highest BCUT2D eigenvalue weighted by Gasteiger charge is 2.28. The van der Waals surface area contributed by atoms with Crippen LogP contribution in [0.1, 0.15) is 35.3 Å². The molecule has 0 spiro atoms. The standard InChI is InChI=1S/C20H21N3O4S2/c24-19(16-14-28-20(22-16)17-8-6-12-27-17)21-13-15-7-2-3-9-18(15)29(25,26)23-10-4-1-5-11-23/h2-3,6-9,12,14H,1,4-5,10-11,13H2,(H,21,24). The van der Waals surface area contributed by atoms with Gasteiger partial charge in [0.15, 0.2) is 10.8 Å². The van der Waals surface area contributed by atoms with Crippen LogP contribution in [0.2, 0.25) is 0 Å². The Morgan fingerprint density at radius 3 is 2.69 bits per heavy atom. The Morgan fingerprint density at radius 1 is 1.14 bits per heavy atom. The fourth-order valence-electron chi connectivity index (χ4n) is 3.30. The van der Waals surface area contributed by atoms with Crippen molar-refractivity contribution in [1.29, 1.82) is 0 Å². The highest BCUT2D eigenvalue weighted by atomic mass is 32.2. The van der Waals surface area contributed by atoms with Crippen LogP contribution in [0.25, 0.3) is 10.8 Å². The predicted molar refractivity (Wildman–Crippen MR) is 110 cm³/mol. The predicted octanol–water partition coefficient (Wildman–Crippen LogP) is 3.51. The molecule has 0 aliphatic carbocycles. The van der Waals surface area contributed by atoms with Gasteiger partial charge < -0.3 is 9.73 Å². The van der Waals surface area contributed by atoms with E-state index in [4.69, 9.17) is 4.42 Å². The number of benzene rings is 1. The summed E-state index contributed by atoms with van der Waals surface area (Å²) < 4.78 is 32.9. The molecule has 1 saturated heterocycles. The molecule has 2 aromatic heterocycles. The zero-order chi connectivity index (χ0) is 20.3. The van der Waals surface area contributed by atoms with Crippen LogP contribution < -0.4 is 5.32 Å². The normalized spacial score (nSPS) is 15.3. The van der Waals surface area contributed by atoms with Crippen molar-refractivity contribution < 1.29 is 17.6 Å². The van der Waals surface area contributed by atoms with Gasteiger partial charge in [-0.2, -0.15) is 4.31 Å². The molecular weight excluding hydrogens is 410 g/mol. The van der Waals surface area contributed by atoms with Crippen molar-refractivity contribution in [3.8, 4) is 10.8 Å². The van der Waals surface area contributed by atoms with Gasteiger partial charge in [-0.3, -0.25) is 4.79 Å². The number of amides is 1. The summed E-state index contributed by atoms with van der Waals surface area (Å²) in [5, 5.41) is 5.06. The van der Waals surface area contributed by atoms with E-state index in [1.165, 1.54) is 15.6 Å². The Hall–Kier alpha value is -2.49. The lowest BCUT2D eigenvalue weighted by molar-refractivity contribution is 0.0946.